The van der Waals surface area contributed by atoms with Gasteiger partial charge in [-0.1, -0.05) is 0 Å². The van der Waals surface area contributed by atoms with E-state index in [1.54, 1.807) is 7.05 Å². The van der Waals surface area contributed by atoms with Crippen LogP contribution in [0, 0.1) is 0 Å². The molecule has 0 unspecified atom stereocenters. The van der Waals surface area contributed by atoms with Gasteiger partial charge in [-0.2, -0.15) is 0 Å². The van der Waals surface area contributed by atoms with E-state index in [-0.39, 0.29) is 13.1 Å². The first kappa shape index (κ1) is 3.65. The van der Waals surface area contributed by atoms with E-state index in [9.17, 15) is 0 Å². The fourth-order valence-corrected chi connectivity index (χ4v) is 0.668. The molecule has 0 aliphatic rings. The standard InChI is InChI=1S/C5H11Cl2N/c1-8(4-2-6)5-3-7/h2-5H2,1H3/i2D2,3D2. The average Bonchev–Trinajstić information content (AvgIpc) is 1.49. The third-order valence-corrected chi connectivity index (χ3v) is 0.898. The summed E-state index contributed by atoms with van der Waals surface area (Å²) in [4.78, 5) is 1.40. The van der Waals surface area contributed by atoms with Crippen LogP contribution >= 0.6 is 23.2 Å². The first-order chi connectivity index (χ1) is 5.10. The van der Waals surface area contributed by atoms with Crippen molar-refractivity contribution in [2.45, 2.75) is 0 Å². The Morgan fingerprint density at radius 2 is 1.75 bits per heavy atom. The lowest BCUT2D eigenvalue weighted by atomic mass is 10.6. The molecule has 1 nitrogen and oxygen atoms in total. The average molecular weight is 160 g/mol. The van der Waals surface area contributed by atoms with Crippen LogP contribution in [0.3, 0.4) is 0 Å². The molecule has 0 spiro atoms. The summed E-state index contributed by atoms with van der Waals surface area (Å²) in [6.45, 7) is -0.110. The van der Waals surface area contributed by atoms with E-state index in [2.05, 4.69) is 0 Å². The van der Waals surface area contributed by atoms with E-state index in [0.717, 1.165) is 0 Å². The molecular formula is C5H11Cl2N. The second-order valence-electron chi connectivity index (χ2n) is 1.44. The Morgan fingerprint density at radius 3 is 2.00 bits per heavy atom. The largest absolute Gasteiger partial charge is 0.304 e. The van der Waals surface area contributed by atoms with Gasteiger partial charge >= 0.3 is 0 Å². The quantitative estimate of drug-likeness (QED) is 0.562. The van der Waals surface area contributed by atoms with Gasteiger partial charge in [0.15, 0.2) is 0 Å². The minimum Gasteiger partial charge on any atom is -0.304 e. The molecule has 0 bridgehead atoms. The third-order valence-electron chi connectivity index (χ3n) is 0.659. The Hall–Kier alpha value is 0.540. The van der Waals surface area contributed by atoms with E-state index in [1.807, 2.05) is 0 Å². The highest BCUT2D eigenvalue weighted by atomic mass is 35.5. The van der Waals surface area contributed by atoms with Crippen molar-refractivity contribution < 1.29 is 5.48 Å². The van der Waals surface area contributed by atoms with Crippen LogP contribution in [0.5, 0.6) is 0 Å². The summed E-state index contributed by atoms with van der Waals surface area (Å²) < 4.78 is 28.0. The van der Waals surface area contributed by atoms with Crippen LogP contribution in [-0.4, -0.2) is 36.7 Å². The van der Waals surface area contributed by atoms with E-state index < -0.39 is 11.7 Å². The number of hydrogen-bond donors (Lipinski definition) is 0. The van der Waals surface area contributed by atoms with Gasteiger partial charge in [0.05, 0.1) is 0 Å². The van der Waals surface area contributed by atoms with Crippen LogP contribution in [0.15, 0.2) is 0 Å². The lowest BCUT2D eigenvalue weighted by Gasteiger charge is -2.11. The van der Waals surface area contributed by atoms with E-state index in [0.29, 0.717) is 0 Å². The zero-order chi connectivity index (χ0) is 9.99. The van der Waals surface area contributed by atoms with Crippen molar-refractivity contribution in [1.29, 1.82) is 0 Å². The molecule has 0 amide bonds. The predicted molar refractivity (Wildman–Crippen MR) is 38.9 cm³/mol. The van der Waals surface area contributed by atoms with Gasteiger partial charge in [0.2, 0.25) is 0 Å². The molecule has 0 saturated carbocycles. The minimum absolute atomic E-state index is 0.0548. The highest BCUT2D eigenvalue weighted by Gasteiger charge is 1.92. The Labute approximate surface area is 66.2 Å². The van der Waals surface area contributed by atoms with Gasteiger partial charge in [0, 0.05) is 30.2 Å². The Balaban J connectivity index is 3.83. The summed E-state index contributed by atoms with van der Waals surface area (Å²) in [5.41, 5.74) is 0. The van der Waals surface area contributed by atoms with Crippen molar-refractivity contribution >= 4 is 23.2 Å². The maximum absolute atomic E-state index is 6.99. The summed E-state index contributed by atoms with van der Waals surface area (Å²) in [5, 5.41) is 0. The molecule has 0 aromatic heterocycles. The molecule has 50 valence electrons. The molecule has 0 heterocycles. The molecule has 0 aliphatic heterocycles. The smallest absolute Gasteiger partial charge is 0.0449 e. The number of halogens is 2. The second-order valence-corrected chi connectivity index (χ2v) is 1.97. The Bertz CT molecular complexity index is 125. The predicted octanol–water partition coefficient (Wildman–Crippen LogP) is 1.40. The monoisotopic (exact) mass is 159 g/mol. The number of rotatable bonds is 4. The first-order valence-electron chi connectivity index (χ1n) is 4.16. The second kappa shape index (κ2) is 5.67. The van der Waals surface area contributed by atoms with Crippen molar-refractivity contribution in [3.05, 3.63) is 0 Å². The summed E-state index contributed by atoms with van der Waals surface area (Å²) in [6.07, 6.45) is 0. The van der Waals surface area contributed by atoms with Crippen molar-refractivity contribution in [3.63, 3.8) is 0 Å². The Kier molecular flexibility index (Phi) is 2.59. The summed E-state index contributed by atoms with van der Waals surface area (Å²) in [6, 6.07) is 0. The zero-order valence-corrected chi connectivity index (χ0v) is 6.13. The summed E-state index contributed by atoms with van der Waals surface area (Å²) >= 11 is 10.6. The fourth-order valence-electron chi connectivity index (χ4n) is 0.260. The Morgan fingerprint density at radius 1 is 1.38 bits per heavy atom. The molecule has 0 rings (SSSR count). The molecule has 0 aromatic rings. The van der Waals surface area contributed by atoms with Crippen LogP contribution in [-0.2, 0) is 0 Å². The molecule has 0 aliphatic carbocycles. The van der Waals surface area contributed by atoms with Gasteiger partial charge in [-0.25, -0.2) is 0 Å². The molecule has 0 N–H and O–H groups in total. The lowest BCUT2D eigenvalue weighted by Crippen LogP contribution is -2.22. The number of alkyl halides is 2. The van der Waals surface area contributed by atoms with Crippen molar-refractivity contribution in [2.75, 3.05) is 31.8 Å². The molecule has 0 saturated heterocycles. The normalized spacial score (nSPS) is 21.5. The molecule has 0 radical (unpaired) electrons. The summed E-state index contributed by atoms with van der Waals surface area (Å²) in [5.74, 6) is -3.67. The maximum atomic E-state index is 6.99. The van der Waals surface area contributed by atoms with Gasteiger partial charge in [-0.15, -0.1) is 23.2 Å². The van der Waals surface area contributed by atoms with Crippen molar-refractivity contribution in [3.8, 4) is 0 Å². The van der Waals surface area contributed by atoms with Crippen LogP contribution in [0.2, 0.25) is 0 Å². The highest BCUT2D eigenvalue weighted by Crippen LogP contribution is 1.85. The fraction of sp³-hybridized carbons (Fsp3) is 1.00. The van der Waals surface area contributed by atoms with Crippen molar-refractivity contribution in [1.82, 2.24) is 4.90 Å². The molecule has 8 heavy (non-hydrogen) atoms. The van der Waals surface area contributed by atoms with Gasteiger partial charge in [0.25, 0.3) is 0 Å². The van der Waals surface area contributed by atoms with Crippen LogP contribution in [0.1, 0.15) is 5.48 Å². The SMILES string of the molecule is [2H]C([2H])(Cl)CN(C)CC([2H])([2H])Cl. The minimum atomic E-state index is -1.84. The number of nitrogens with zero attached hydrogens (tertiary/aromatic N) is 1. The van der Waals surface area contributed by atoms with Gasteiger partial charge in [-0.05, 0) is 7.05 Å². The molecule has 3 heteroatoms. The molecule has 0 atom stereocenters. The van der Waals surface area contributed by atoms with Crippen LogP contribution in [0.4, 0.5) is 0 Å². The lowest BCUT2D eigenvalue weighted by molar-refractivity contribution is 0.378. The van der Waals surface area contributed by atoms with E-state index >= 15 is 0 Å². The zero-order valence-electron chi connectivity index (χ0n) is 8.62. The van der Waals surface area contributed by atoms with Crippen molar-refractivity contribution in [2.24, 2.45) is 0 Å². The molecule has 0 fully saturated rings. The van der Waals surface area contributed by atoms with Crippen LogP contribution < -0.4 is 0 Å². The first-order valence-corrected chi connectivity index (χ1v) is 2.92. The summed E-state index contributed by atoms with van der Waals surface area (Å²) in [7, 11) is 1.56. The van der Waals surface area contributed by atoms with Crippen LogP contribution in [0.25, 0.3) is 0 Å². The van der Waals surface area contributed by atoms with Gasteiger partial charge < -0.3 is 4.90 Å². The third kappa shape index (κ3) is 4.69. The molecular weight excluding hydrogens is 145 g/mol. The maximum Gasteiger partial charge on any atom is 0.0449 e. The van der Waals surface area contributed by atoms with E-state index in [1.165, 1.54) is 4.90 Å². The van der Waals surface area contributed by atoms with E-state index in [4.69, 9.17) is 28.7 Å². The number of hydrogen-bond acceptors (Lipinski definition) is 1. The molecule has 0 aromatic carbocycles. The topological polar surface area (TPSA) is 3.24 Å². The van der Waals surface area contributed by atoms with Gasteiger partial charge in [-0.3, -0.25) is 0 Å². The van der Waals surface area contributed by atoms with Gasteiger partial charge in [0.1, 0.15) is 0 Å². The highest BCUT2D eigenvalue weighted by molar-refractivity contribution is 6.18.